The van der Waals surface area contributed by atoms with Crippen molar-refractivity contribution in [2.45, 2.75) is 6.10 Å². The van der Waals surface area contributed by atoms with E-state index in [0.717, 1.165) is 0 Å². The van der Waals surface area contributed by atoms with Crippen molar-refractivity contribution in [3.05, 3.63) is 29.6 Å². The summed E-state index contributed by atoms with van der Waals surface area (Å²) in [6, 6.07) is 5.02. The molecule has 6 nitrogen and oxygen atoms in total. The summed E-state index contributed by atoms with van der Waals surface area (Å²) < 4.78 is 10.6. The van der Waals surface area contributed by atoms with Gasteiger partial charge in [0, 0.05) is 12.7 Å². The van der Waals surface area contributed by atoms with Crippen LogP contribution in [0.25, 0.3) is 0 Å². The van der Waals surface area contributed by atoms with Gasteiger partial charge in [-0.3, -0.25) is 4.79 Å². The summed E-state index contributed by atoms with van der Waals surface area (Å²) in [4.78, 5) is 15.6. The molecule has 1 saturated heterocycles. The maximum absolute atomic E-state index is 11.7. The van der Waals surface area contributed by atoms with E-state index in [1.54, 1.807) is 6.07 Å². The molecule has 0 saturated carbocycles. The molecule has 1 aliphatic rings. The molecule has 0 aliphatic carbocycles. The third kappa shape index (κ3) is 3.26. The van der Waals surface area contributed by atoms with Gasteiger partial charge in [-0.1, -0.05) is 0 Å². The monoisotopic (exact) mass is 247 g/mol. The first-order valence-electron chi connectivity index (χ1n) is 5.63. The lowest BCUT2D eigenvalue weighted by atomic mass is 10.2. The van der Waals surface area contributed by atoms with E-state index in [0.29, 0.717) is 31.9 Å². The molecule has 94 valence electrons. The number of nitrogens with one attached hydrogen (secondary N) is 1. The number of rotatable bonds is 3. The Morgan fingerprint density at radius 1 is 1.56 bits per heavy atom. The second-order valence-electron chi connectivity index (χ2n) is 3.82. The number of nitrogens with zero attached hydrogens (tertiary/aromatic N) is 2. The summed E-state index contributed by atoms with van der Waals surface area (Å²) in [7, 11) is 0. The smallest absolute Gasteiger partial charge is 0.269 e. The van der Waals surface area contributed by atoms with Crippen molar-refractivity contribution < 1.29 is 14.3 Å². The maximum atomic E-state index is 11.7. The van der Waals surface area contributed by atoms with Crippen LogP contribution in [0.4, 0.5) is 0 Å². The molecule has 1 aliphatic heterocycles. The molecule has 1 aromatic rings. The van der Waals surface area contributed by atoms with E-state index in [4.69, 9.17) is 14.7 Å². The van der Waals surface area contributed by atoms with Crippen molar-refractivity contribution in [2.75, 3.05) is 26.4 Å². The zero-order chi connectivity index (χ0) is 12.8. The highest BCUT2D eigenvalue weighted by atomic mass is 16.6. The van der Waals surface area contributed by atoms with Crippen LogP contribution in [0.5, 0.6) is 0 Å². The summed E-state index contributed by atoms with van der Waals surface area (Å²) in [5.41, 5.74) is 0.710. The van der Waals surface area contributed by atoms with Crippen molar-refractivity contribution in [2.24, 2.45) is 0 Å². The molecule has 1 aromatic heterocycles. The van der Waals surface area contributed by atoms with Crippen LogP contribution in [0.1, 0.15) is 16.1 Å². The zero-order valence-electron chi connectivity index (χ0n) is 9.76. The van der Waals surface area contributed by atoms with Crippen molar-refractivity contribution >= 4 is 5.91 Å². The number of pyridine rings is 1. The van der Waals surface area contributed by atoms with Gasteiger partial charge in [-0.05, 0) is 12.1 Å². The van der Waals surface area contributed by atoms with Crippen molar-refractivity contribution in [3.8, 4) is 6.07 Å². The van der Waals surface area contributed by atoms with Gasteiger partial charge in [0.1, 0.15) is 11.8 Å². The van der Waals surface area contributed by atoms with Gasteiger partial charge in [-0.2, -0.15) is 5.26 Å². The molecule has 1 amide bonds. The first kappa shape index (κ1) is 12.5. The summed E-state index contributed by atoms with van der Waals surface area (Å²) in [5, 5.41) is 11.3. The van der Waals surface area contributed by atoms with Crippen molar-refractivity contribution in [3.63, 3.8) is 0 Å². The van der Waals surface area contributed by atoms with Gasteiger partial charge in [-0.15, -0.1) is 0 Å². The highest BCUT2D eigenvalue weighted by Gasteiger charge is 2.16. The van der Waals surface area contributed by atoms with Crippen LogP contribution < -0.4 is 5.32 Å². The van der Waals surface area contributed by atoms with Gasteiger partial charge in [-0.25, -0.2) is 4.98 Å². The van der Waals surface area contributed by atoms with Crippen molar-refractivity contribution in [1.29, 1.82) is 5.26 Å². The SMILES string of the molecule is N#Cc1ccc(C(=O)NCC2COCCO2)nc1. The molecule has 1 unspecified atom stereocenters. The fourth-order valence-corrected chi connectivity index (χ4v) is 1.55. The minimum atomic E-state index is -0.284. The Morgan fingerprint density at radius 3 is 3.06 bits per heavy atom. The number of nitriles is 1. The van der Waals surface area contributed by atoms with E-state index in [9.17, 15) is 4.79 Å². The third-order valence-electron chi connectivity index (χ3n) is 2.50. The molecule has 6 heteroatoms. The number of carbonyl (C=O) groups excluding carboxylic acids is 1. The molecule has 0 spiro atoms. The molecule has 2 rings (SSSR count). The number of aromatic nitrogens is 1. The molecular formula is C12H13N3O3. The Labute approximate surface area is 105 Å². The minimum Gasteiger partial charge on any atom is -0.376 e. The predicted octanol–water partition coefficient (Wildman–Crippen LogP) is 0.0985. The second-order valence-corrected chi connectivity index (χ2v) is 3.82. The van der Waals surface area contributed by atoms with Gasteiger partial charge < -0.3 is 14.8 Å². The first-order valence-corrected chi connectivity index (χ1v) is 5.63. The largest absolute Gasteiger partial charge is 0.376 e. The molecule has 18 heavy (non-hydrogen) atoms. The van der Waals surface area contributed by atoms with Gasteiger partial charge in [0.15, 0.2) is 0 Å². The quantitative estimate of drug-likeness (QED) is 0.818. The Morgan fingerprint density at radius 2 is 2.44 bits per heavy atom. The summed E-state index contributed by atoms with van der Waals surface area (Å²) in [6.07, 6.45) is 1.26. The summed E-state index contributed by atoms with van der Waals surface area (Å²) in [6.45, 7) is 2.03. The predicted molar refractivity (Wildman–Crippen MR) is 61.8 cm³/mol. The van der Waals surface area contributed by atoms with Crippen LogP contribution in [0.2, 0.25) is 0 Å². The van der Waals surface area contributed by atoms with Gasteiger partial charge in [0.2, 0.25) is 0 Å². The lowest BCUT2D eigenvalue weighted by Gasteiger charge is -2.22. The van der Waals surface area contributed by atoms with Crippen LogP contribution in [0, 0.1) is 11.3 Å². The number of hydrogen-bond acceptors (Lipinski definition) is 5. The van der Waals surface area contributed by atoms with E-state index in [1.807, 2.05) is 6.07 Å². The maximum Gasteiger partial charge on any atom is 0.269 e. The van der Waals surface area contributed by atoms with Crippen LogP contribution in [-0.4, -0.2) is 43.4 Å². The lowest BCUT2D eigenvalue weighted by Crippen LogP contribution is -2.39. The Hall–Kier alpha value is -1.97. The molecule has 0 aromatic carbocycles. The fraction of sp³-hybridized carbons (Fsp3) is 0.417. The first-order chi connectivity index (χ1) is 8.79. The highest BCUT2D eigenvalue weighted by Crippen LogP contribution is 2.01. The van der Waals surface area contributed by atoms with E-state index in [-0.39, 0.29) is 17.7 Å². The minimum absolute atomic E-state index is 0.110. The fourth-order valence-electron chi connectivity index (χ4n) is 1.55. The molecule has 0 bridgehead atoms. The molecule has 1 fully saturated rings. The Kier molecular flexibility index (Phi) is 4.23. The number of ether oxygens (including phenoxy) is 2. The molecule has 2 heterocycles. The third-order valence-corrected chi connectivity index (χ3v) is 2.50. The van der Waals surface area contributed by atoms with Gasteiger partial charge in [0.05, 0.1) is 31.5 Å². The standard InChI is InChI=1S/C12H13N3O3/c13-5-9-1-2-11(14-6-9)12(16)15-7-10-8-17-3-4-18-10/h1-2,6,10H,3-4,7-8H2,(H,15,16). The van der Waals surface area contributed by atoms with E-state index in [1.165, 1.54) is 12.3 Å². The average Bonchev–Trinajstić information content (AvgIpc) is 2.46. The summed E-state index contributed by atoms with van der Waals surface area (Å²) >= 11 is 0. The van der Waals surface area contributed by atoms with E-state index in [2.05, 4.69) is 10.3 Å². The van der Waals surface area contributed by atoms with E-state index >= 15 is 0 Å². The highest BCUT2D eigenvalue weighted by molar-refractivity contribution is 5.92. The average molecular weight is 247 g/mol. The summed E-state index contributed by atoms with van der Waals surface area (Å²) in [5.74, 6) is -0.284. The Balaban J connectivity index is 1.85. The van der Waals surface area contributed by atoms with Gasteiger partial charge in [0.25, 0.3) is 5.91 Å². The molecule has 1 atom stereocenters. The molecular weight excluding hydrogens is 234 g/mol. The van der Waals surface area contributed by atoms with Crippen molar-refractivity contribution in [1.82, 2.24) is 10.3 Å². The van der Waals surface area contributed by atoms with E-state index < -0.39 is 0 Å². The topological polar surface area (TPSA) is 84.2 Å². The number of carbonyl (C=O) groups is 1. The van der Waals surface area contributed by atoms with Crippen LogP contribution in [-0.2, 0) is 9.47 Å². The van der Waals surface area contributed by atoms with Crippen LogP contribution >= 0.6 is 0 Å². The van der Waals surface area contributed by atoms with Crippen LogP contribution in [0.3, 0.4) is 0 Å². The molecule has 0 radical (unpaired) electrons. The number of amides is 1. The molecule has 1 N–H and O–H groups in total. The van der Waals surface area contributed by atoms with Gasteiger partial charge >= 0.3 is 0 Å². The zero-order valence-corrected chi connectivity index (χ0v) is 9.76. The second kappa shape index (κ2) is 6.10. The van der Waals surface area contributed by atoms with Crippen LogP contribution in [0.15, 0.2) is 18.3 Å². The Bertz CT molecular complexity index is 447. The number of hydrogen-bond donors (Lipinski definition) is 1. The lowest BCUT2D eigenvalue weighted by molar-refractivity contribution is -0.0855. The normalized spacial score (nSPS) is 18.9.